The van der Waals surface area contributed by atoms with Crippen molar-refractivity contribution in [2.24, 2.45) is 10.7 Å². The molecule has 1 aliphatic rings. The Kier molecular flexibility index (Phi) is 2.05. The molecule has 6 heteroatoms. The lowest BCUT2D eigenvalue weighted by Gasteiger charge is -2.05. The standard InChI is InChI=1S/C7H10N4OS/c1-12-6-2-5(13-11-6)4-3-9-7(8)10-4/h2,4H,3H2,1H3,(H3,8,9,10). The zero-order chi connectivity index (χ0) is 9.26. The molecule has 0 fully saturated rings. The van der Waals surface area contributed by atoms with Crippen molar-refractivity contribution in [2.45, 2.75) is 6.04 Å². The van der Waals surface area contributed by atoms with Gasteiger partial charge in [0.15, 0.2) is 5.96 Å². The zero-order valence-electron chi connectivity index (χ0n) is 7.15. The summed E-state index contributed by atoms with van der Waals surface area (Å²) in [4.78, 5) is 5.15. The number of aromatic nitrogens is 1. The minimum absolute atomic E-state index is 0.168. The molecule has 0 amide bonds. The highest BCUT2D eigenvalue weighted by atomic mass is 32.1. The maximum absolute atomic E-state index is 5.49. The van der Waals surface area contributed by atoms with Crippen molar-refractivity contribution in [2.75, 3.05) is 13.7 Å². The molecular formula is C7H10N4OS. The van der Waals surface area contributed by atoms with Crippen molar-refractivity contribution < 1.29 is 4.74 Å². The summed E-state index contributed by atoms with van der Waals surface area (Å²) in [6.45, 7) is 0.678. The molecule has 1 aromatic rings. The van der Waals surface area contributed by atoms with Gasteiger partial charge in [-0.25, -0.2) is 0 Å². The van der Waals surface area contributed by atoms with Crippen LogP contribution < -0.4 is 15.8 Å². The zero-order valence-corrected chi connectivity index (χ0v) is 7.97. The first-order valence-electron chi connectivity index (χ1n) is 3.86. The van der Waals surface area contributed by atoms with Gasteiger partial charge in [0.2, 0.25) is 5.88 Å². The first-order chi connectivity index (χ1) is 6.29. The number of guanidine groups is 1. The van der Waals surface area contributed by atoms with E-state index < -0.39 is 0 Å². The maximum Gasteiger partial charge on any atom is 0.225 e. The number of hydrogen-bond donors (Lipinski definition) is 2. The Morgan fingerprint density at radius 2 is 2.62 bits per heavy atom. The molecule has 0 saturated carbocycles. The van der Waals surface area contributed by atoms with Gasteiger partial charge in [0, 0.05) is 6.07 Å². The lowest BCUT2D eigenvalue weighted by Crippen LogP contribution is -2.29. The molecule has 0 radical (unpaired) electrons. The highest BCUT2D eigenvalue weighted by Gasteiger charge is 2.19. The lowest BCUT2D eigenvalue weighted by molar-refractivity contribution is 0.402. The van der Waals surface area contributed by atoms with Crippen LogP contribution in [0.2, 0.25) is 0 Å². The van der Waals surface area contributed by atoms with Crippen LogP contribution in [0.25, 0.3) is 0 Å². The van der Waals surface area contributed by atoms with E-state index in [4.69, 9.17) is 10.5 Å². The first-order valence-corrected chi connectivity index (χ1v) is 4.64. The Morgan fingerprint density at radius 3 is 3.15 bits per heavy atom. The third kappa shape index (κ3) is 1.57. The van der Waals surface area contributed by atoms with E-state index in [0.29, 0.717) is 18.4 Å². The molecule has 0 aromatic carbocycles. The first kappa shape index (κ1) is 8.31. The second-order valence-corrected chi connectivity index (χ2v) is 3.53. The number of hydrogen-bond acceptors (Lipinski definition) is 6. The average Bonchev–Trinajstić information content (AvgIpc) is 2.71. The highest BCUT2D eigenvalue weighted by molar-refractivity contribution is 7.06. The Labute approximate surface area is 79.8 Å². The molecule has 1 aromatic heterocycles. The normalized spacial score (nSPS) is 21.0. The molecule has 1 unspecified atom stereocenters. The van der Waals surface area contributed by atoms with E-state index in [-0.39, 0.29) is 6.04 Å². The second kappa shape index (κ2) is 3.21. The van der Waals surface area contributed by atoms with Crippen molar-refractivity contribution in [3.05, 3.63) is 10.9 Å². The minimum atomic E-state index is 0.168. The third-order valence-electron chi connectivity index (χ3n) is 1.83. The van der Waals surface area contributed by atoms with Gasteiger partial charge in [0.1, 0.15) is 0 Å². The summed E-state index contributed by atoms with van der Waals surface area (Å²) in [7, 11) is 1.60. The number of ether oxygens (including phenoxy) is 1. The molecule has 0 aliphatic carbocycles. The van der Waals surface area contributed by atoms with E-state index in [1.165, 1.54) is 11.5 Å². The third-order valence-corrected chi connectivity index (χ3v) is 2.71. The molecule has 0 saturated heterocycles. The molecule has 2 heterocycles. The number of nitrogens with one attached hydrogen (secondary N) is 1. The van der Waals surface area contributed by atoms with E-state index in [9.17, 15) is 0 Å². The molecule has 1 aliphatic heterocycles. The van der Waals surface area contributed by atoms with Crippen LogP contribution in [0.4, 0.5) is 0 Å². The predicted molar refractivity (Wildman–Crippen MR) is 51.0 cm³/mol. The van der Waals surface area contributed by atoms with Gasteiger partial charge < -0.3 is 15.8 Å². The van der Waals surface area contributed by atoms with Gasteiger partial charge in [0.25, 0.3) is 0 Å². The monoisotopic (exact) mass is 198 g/mol. The topological polar surface area (TPSA) is 72.5 Å². The van der Waals surface area contributed by atoms with Crippen molar-refractivity contribution in [3.8, 4) is 5.88 Å². The quantitative estimate of drug-likeness (QED) is 0.707. The predicted octanol–water partition coefficient (Wildman–Crippen LogP) is 0.111. The van der Waals surface area contributed by atoms with Crippen LogP contribution >= 0.6 is 11.5 Å². The smallest absolute Gasteiger partial charge is 0.225 e. The fraction of sp³-hybridized carbons (Fsp3) is 0.429. The summed E-state index contributed by atoms with van der Waals surface area (Å²) in [5, 5.41) is 3.05. The van der Waals surface area contributed by atoms with Crippen molar-refractivity contribution in [1.29, 1.82) is 0 Å². The fourth-order valence-corrected chi connectivity index (χ4v) is 1.89. The molecule has 0 spiro atoms. The Hall–Kier alpha value is -1.30. The van der Waals surface area contributed by atoms with Gasteiger partial charge in [-0.15, -0.1) is 0 Å². The van der Waals surface area contributed by atoms with Crippen LogP contribution in [0.3, 0.4) is 0 Å². The van der Waals surface area contributed by atoms with E-state index in [1.807, 2.05) is 6.07 Å². The SMILES string of the molecule is COc1cc(C2CN=C(N)N2)sn1. The number of nitrogens with zero attached hydrogens (tertiary/aromatic N) is 2. The number of nitrogens with two attached hydrogens (primary N) is 1. The summed E-state index contributed by atoms with van der Waals surface area (Å²) in [6, 6.07) is 2.07. The fourth-order valence-electron chi connectivity index (χ4n) is 1.15. The Bertz CT molecular complexity index is 335. The molecular weight excluding hydrogens is 188 g/mol. The van der Waals surface area contributed by atoms with Gasteiger partial charge in [-0.05, 0) is 11.5 Å². The summed E-state index contributed by atoms with van der Waals surface area (Å²) >= 11 is 1.41. The second-order valence-electron chi connectivity index (χ2n) is 2.69. The molecule has 70 valence electrons. The van der Waals surface area contributed by atoms with E-state index in [0.717, 1.165) is 4.88 Å². The largest absolute Gasteiger partial charge is 0.480 e. The molecule has 5 nitrogen and oxygen atoms in total. The molecule has 1 atom stereocenters. The number of methoxy groups -OCH3 is 1. The van der Waals surface area contributed by atoms with Gasteiger partial charge in [-0.1, -0.05) is 0 Å². The van der Waals surface area contributed by atoms with Crippen LogP contribution in [0.5, 0.6) is 5.88 Å². The summed E-state index contributed by atoms with van der Waals surface area (Å²) in [5.41, 5.74) is 5.49. The minimum Gasteiger partial charge on any atom is -0.480 e. The van der Waals surface area contributed by atoms with Gasteiger partial charge in [-0.3, -0.25) is 4.99 Å². The van der Waals surface area contributed by atoms with E-state index >= 15 is 0 Å². The van der Waals surface area contributed by atoms with Crippen molar-refractivity contribution >= 4 is 17.5 Å². The van der Waals surface area contributed by atoms with Crippen LogP contribution in [0.15, 0.2) is 11.1 Å². The molecule has 13 heavy (non-hydrogen) atoms. The summed E-state index contributed by atoms with van der Waals surface area (Å²) in [6.07, 6.45) is 0. The highest BCUT2D eigenvalue weighted by Crippen LogP contribution is 2.24. The molecule has 2 rings (SSSR count). The van der Waals surface area contributed by atoms with Crippen LogP contribution in [-0.2, 0) is 0 Å². The van der Waals surface area contributed by atoms with Crippen LogP contribution in [0, 0.1) is 0 Å². The van der Waals surface area contributed by atoms with Gasteiger partial charge >= 0.3 is 0 Å². The van der Waals surface area contributed by atoms with Crippen LogP contribution in [0.1, 0.15) is 10.9 Å². The lowest BCUT2D eigenvalue weighted by atomic mass is 10.2. The number of aliphatic imine (C=N–C) groups is 1. The summed E-state index contributed by atoms with van der Waals surface area (Å²) < 4.78 is 9.08. The van der Waals surface area contributed by atoms with Crippen LogP contribution in [-0.4, -0.2) is 24.0 Å². The van der Waals surface area contributed by atoms with Gasteiger partial charge in [-0.2, -0.15) is 4.37 Å². The number of rotatable bonds is 2. The molecule has 3 N–H and O–H groups in total. The average molecular weight is 198 g/mol. The van der Waals surface area contributed by atoms with Crippen molar-refractivity contribution in [1.82, 2.24) is 9.69 Å². The van der Waals surface area contributed by atoms with Gasteiger partial charge in [0.05, 0.1) is 24.6 Å². The van der Waals surface area contributed by atoms with E-state index in [2.05, 4.69) is 14.7 Å². The van der Waals surface area contributed by atoms with Crippen molar-refractivity contribution in [3.63, 3.8) is 0 Å². The summed E-state index contributed by atoms with van der Waals surface area (Å²) in [5.74, 6) is 1.14. The maximum atomic E-state index is 5.49. The van der Waals surface area contributed by atoms with E-state index in [1.54, 1.807) is 7.11 Å². The Balaban J connectivity index is 2.09. The molecule has 0 bridgehead atoms. The Morgan fingerprint density at radius 1 is 1.77 bits per heavy atom.